The maximum absolute atomic E-state index is 13.2. The number of carbonyl (C=O) groups is 1. The fraction of sp³-hybridized carbons (Fsp3) is 0.591. The second-order valence-corrected chi connectivity index (χ2v) is 10.6. The van der Waals surface area contributed by atoms with Crippen molar-refractivity contribution >= 4 is 16.0 Å². The van der Waals surface area contributed by atoms with E-state index in [-0.39, 0.29) is 11.5 Å². The minimum atomic E-state index is -3.81. The van der Waals surface area contributed by atoms with E-state index in [4.69, 9.17) is 4.74 Å². The quantitative estimate of drug-likeness (QED) is 0.649. The Kier molecular flexibility index (Phi) is 7.30. The van der Waals surface area contributed by atoms with Gasteiger partial charge in [-0.3, -0.25) is 4.79 Å². The van der Waals surface area contributed by atoms with Crippen LogP contribution in [0.3, 0.4) is 0 Å². The average molecular weight is 424 g/mol. The van der Waals surface area contributed by atoms with Crippen LogP contribution in [-0.4, -0.2) is 37.7 Å². The lowest BCUT2D eigenvalue weighted by Gasteiger charge is -2.25. The van der Waals surface area contributed by atoms with Crippen LogP contribution < -0.4 is 4.72 Å². The fourth-order valence-electron chi connectivity index (χ4n) is 3.91. The number of rotatable bonds is 7. The van der Waals surface area contributed by atoms with Crippen LogP contribution in [0.4, 0.5) is 0 Å². The first-order valence-electron chi connectivity index (χ1n) is 9.97. The SMILES string of the molecule is Cc1cc(C)c(S(=O)(=O)N[C@H](/C=C2\CCC[C@@H]2C(=O)O)COC(C)(C)C)c(C)c1. The first kappa shape index (κ1) is 23.6. The maximum Gasteiger partial charge on any atom is 0.310 e. The van der Waals surface area contributed by atoms with Gasteiger partial charge in [0.15, 0.2) is 0 Å². The highest BCUT2D eigenvalue weighted by Gasteiger charge is 2.30. The van der Waals surface area contributed by atoms with Crippen molar-refractivity contribution in [3.63, 3.8) is 0 Å². The zero-order valence-electron chi connectivity index (χ0n) is 18.2. The number of hydrogen-bond acceptors (Lipinski definition) is 4. The van der Waals surface area contributed by atoms with E-state index in [0.29, 0.717) is 24.0 Å². The van der Waals surface area contributed by atoms with Gasteiger partial charge in [0, 0.05) is 0 Å². The summed E-state index contributed by atoms with van der Waals surface area (Å²) in [6.07, 6.45) is 3.77. The number of ether oxygens (including phenoxy) is 1. The highest BCUT2D eigenvalue weighted by atomic mass is 32.2. The number of hydrogen-bond donors (Lipinski definition) is 2. The smallest absolute Gasteiger partial charge is 0.310 e. The molecule has 0 aromatic heterocycles. The molecule has 0 spiro atoms. The van der Waals surface area contributed by atoms with Gasteiger partial charge in [-0.25, -0.2) is 13.1 Å². The van der Waals surface area contributed by atoms with Crippen molar-refractivity contribution in [3.8, 4) is 0 Å². The van der Waals surface area contributed by atoms with E-state index < -0.39 is 33.6 Å². The summed E-state index contributed by atoms with van der Waals surface area (Å²) in [7, 11) is -3.81. The van der Waals surface area contributed by atoms with E-state index in [2.05, 4.69) is 4.72 Å². The molecule has 1 aromatic rings. The highest BCUT2D eigenvalue weighted by molar-refractivity contribution is 7.89. The Morgan fingerprint density at radius 2 is 1.86 bits per heavy atom. The Morgan fingerprint density at radius 1 is 1.28 bits per heavy atom. The Morgan fingerprint density at radius 3 is 2.38 bits per heavy atom. The number of nitrogens with one attached hydrogen (secondary N) is 1. The second-order valence-electron chi connectivity index (χ2n) is 8.90. The number of carboxylic acids is 1. The Balaban J connectivity index is 2.38. The zero-order valence-corrected chi connectivity index (χ0v) is 19.0. The van der Waals surface area contributed by atoms with Crippen LogP contribution in [0, 0.1) is 26.7 Å². The molecule has 162 valence electrons. The average Bonchev–Trinajstić information content (AvgIpc) is 2.98. The minimum absolute atomic E-state index is 0.128. The van der Waals surface area contributed by atoms with Gasteiger partial charge in [-0.05, 0) is 71.9 Å². The molecule has 1 saturated carbocycles. The van der Waals surface area contributed by atoms with Gasteiger partial charge in [0.2, 0.25) is 10.0 Å². The molecule has 29 heavy (non-hydrogen) atoms. The first-order valence-corrected chi connectivity index (χ1v) is 11.5. The molecule has 0 unspecified atom stereocenters. The lowest BCUT2D eigenvalue weighted by Crippen LogP contribution is -2.40. The number of carboxylic acid groups (broad SMARTS) is 1. The lowest BCUT2D eigenvalue weighted by atomic mass is 10.0. The molecule has 1 aliphatic rings. The van der Waals surface area contributed by atoms with E-state index in [1.54, 1.807) is 19.9 Å². The molecule has 1 aliphatic carbocycles. The number of aryl methyl sites for hydroxylation is 3. The minimum Gasteiger partial charge on any atom is -0.481 e. The maximum atomic E-state index is 13.2. The summed E-state index contributed by atoms with van der Waals surface area (Å²) in [4.78, 5) is 11.8. The van der Waals surface area contributed by atoms with E-state index in [1.165, 1.54) is 0 Å². The fourth-order valence-corrected chi connectivity index (χ4v) is 5.53. The van der Waals surface area contributed by atoms with Crippen LogP contribution in [0.15, 0.2) is 28.7 Å². The Labute approximate surface area is 174 Å². The van der Waals surface area contributed by atoms with E-state index in [9.17, 15) is 18.3 Å². The van der Waals surface area contributed by atoms with E-state index >= 15 is 0 Å². The standard InChI is InChI=1S/C22H33NO5S/c1-14-10-15(2)20(16(3)11-14)29(26,27)23-18(13-28-22(4,5)6)12-17-8-7-9-19(17)21(24)25/h10-12,18-19,23H,7-9,13H2,1-6H3,(H,24,25)/b17-12+/t18-,19+/m1/s1. The topological polar surface area (TPSA) is 92.7 Å². The normalized spacial score (nSPS) is 20.2. The highest BCUT2D eigenvalue weighted by Crippen LogP contribution is 2.32. The molecule has 2 rings (SSSR count). The van der Waals surface area contributed by atoms with Crippen LogP contribution >= 0.6 is 0 Å². The molecule has 6 nitrogen and oxygen atoms in total. The molecule has 1 aromatic carbocycles. The van der Waals surface area contributed by atoms with E-state index in [0.717, 1.165) is 17.6 Å². The Bertz CT molecular complexity index is 873. The summed E-state index contributed by atoms with van der Waals surface area (Å²) in [5.41, 5.74) is 2.69. The van der Waals surface area contributed by atoms with Gasteiger partial charge in [-0.1, -0.05) is 29.3 Å². The molecule has 0 radical (unpaired) electrons. The van der Waals surface area contributed by atoms with Gasteiger partial charge in [-0.15, -0.1) is 0 Å². The zero-order chi connectivity index (χ0) is 22.0. The van der Waals surface area contributed by atoms with Crippen molar-refractivity contribution in [2.45, 2.75) is 77.3 Å². The van der Waals surface area contributed by atoms with Gasteiger partial charge >= 0.3 is 5.97 Å². The molecular formula is C22H33NO5S. The number of benzene rings is 1. The predicted octanol–water partition coefficient (Wildman–Crippen LogP) is 3.88. The third kappa shape index (κ3) is 6.39. The molecule has 0 saturated heterocycles. The monoisotopic (exact) mass is 423 g/mol. The number of sulfonamides is 1. The molecule has 0 bridgehead atoms. The summed E-state index contributed by atoms with van der Waals surface area (Å²) in [5, 5.41) is 9.45. The number of aliphatic carboxylic acids is 1. The summed E-state index contributed by atoms with van der Waals surface area (Å²) >= 11 is 0. The third-order valence-corrected chi connectivity index (χ3v) is 6.79. The van der Waals surface area contributed by atoms with Gasteiger partial charge in [-0.2, -0.15) is 0 Å². The summed E-state index contributed by atoms with van der Waals surface area (Å²) < 4.78 is 35.0. The molecule has 2 atom stereocenters. The van der Waals surface area contributed by atoms with Crippen LogP contribution in [-0.2, 0) is 19.6 Å². The van der Waals surface area contributed by atoms with Crippen molar-refractivity contribution < 1.29 is 23.1 Å². The van der Waals surface area contributed by atoms with Gasteiger partial charge in [0.25, 0.3) is 0 Å². The van der Waals surface area contributed by atoms with Crippen molar-refractivity contribution in [1.82, 2.24) is 4.72 Å². The summed E-state index contributed by atoms with van der Waals surface area (Å²) in [6.45, 7) is 11.3. The second kappa shape index (κ2) is 8.98. The van der Waals surface area contributed by atoms with Crippen molar-refractivity contribution in [1.29, 1.82) is 0 Å². The summed E-state index contributed by atoms with van der Waals surface area (Å²) in [6, 6.07) is 3.05. The van der Waals surface area contributed by atoms with Crippen molar-refractivity contribution in [2.75, 3.05) is 6.61 Å². The van der Waals surface area contributed by atoms with Crippen molar-refractivity contribution in [2.24, 2.45) is 5.92 Å². The molecule has 7 heteroatoms. The third-order valence-electron chi connectivity index (χ3n) is 5.00. The van der Waals surface area contributed by atoms with Gasteiger partial charge in [0.1, 0.15) is 0 Å². The van der Waals surface area contributed by atoms with Crippen LogP contribution in [0.5, 0.6) is 0 Å². The molecule has 0 heterocycles. The van der Waals surface area contributed by atoms with E-state index in [1.807, 2.05) is 39.8 Å². The van der Waals surface area contributed by atoms with Gasteiger partial charge < -0.3 is 9.84 Å². The van der Waals surface area contributed by atoms with Crippen molar-refractivity contribution in [3.05, 3.63) is 40.5 Å². The molecule has 1 fully saturated rings. The van der Waals surface area contributed by atoms with Crippen LogP contribution in [0.25, 0.3) is 0 Å². The summed E-state index contributed by atoms with van der Waals surface area (Å²) in [5.74, 6) is -1.42. The molecule has 2 N–H and O–H groups in total. The van der Waals surface area contributed by atoms with Gasteiger partial charge in [0.05, 0.1) is 29.1 Å². The lowest BCUT2D eigenvalue weighted by molar-refractivity contribution is -0.140. The van der Waals surface area contributed by atoms with Crippen LogP contribution in [0.2, 0.25) is 0 Å². The molecular weight excluding hydrogens is 390 g/mol. The Hall–Kier alpha value is -1.70. The molecule has 0 amide bonds. The first-order chi connectivity index (χ1) is 13.3. The molecule has 0 aliphatic heterocycles. The largest absolute Gasteiger partial charge is 0.481 e. The predicted molar refractivity (Wildman–Crippen MR) is 114 cm³/mol. The van der Waals surface area contributed by atoms with Crippen LogP contribution in [0.1, 0.15) is 56.7 Å².